The molecule has 1 aromatic heterocycles. The molecule has 0 aliphatic carbocycles. The molecular formula is C13H16N4O. The fraction of sp³-hybridized carbons (Fsp3) is 0.308. The molecule has 0 radical (unpaired) electrons. The Morgan fingerprint density at radius 3 is 2.72 bits per heavy atom. The van der Waals surface area contributed by atoms with Gasteiger partial charge in [-0.1, -0.05) is 12.1 Å². The third-order valence-electron chi connectivity index (χ3n) is 2.67. The predicted molar refractivity (Wildman–Crippen MR) is 68.9 cm³/mol. The SMILES string of the molecule is CNCCCC(=O)c1ccccc1-n1nccn1. The average Bonchev–Trinajstić information content (AvgIpc) is 2.93. The van der Waals surface area contributed by atoms with Crippen LogP contribution in [0, 0.1) is 0 Å². The lowest BCUT2D eigenvalue weighted by Crippen LogP contribution is -2.12. The molecular weight excluding hydrogens is 228 g/mol. The Labute approximate surface area is 106 Å². The van der Waals surface area contributed by atoms with Gasteiger partial charge in [0, 0.05) is 12.0 Å². The van der Waals surface area contributed by atoms with E-state index in [1.807, 2.05) is 31.3 Å². The van der Waals surface area contributed by atoms with Crippen LogP contribution in [0.15, 0.2) is 36.7 Å². The molecule has 1 heterocycles. The molecule has 5 nitrogen and oxygen atoms in total. The number of hydrogen-bond acceptors (Lipinski definition) is 4. The van der Waals surface area contributed by atoms with Crippen molar-refractivity contribution in [2.45, 2.75) is 12.8 Å². The molecule has 5 heteroatoms. The Morgan fingerprint density at radius 1 is 1.28 bits per heavy atom. The van der Waals surface area contributed by atoms with Gasteiger partial charge in [0.2, 0.25) is 0 Å². The summed E-state index contributed by atoms with van der Waals surface area (Å²) < 4.78 is 0. The van der Waals surface area contributed by atoms with Crippen LogP contribution in [0.25, 0.3) is 5.69 Å². The van der Waals surface area contributed by atoms with Gasteiger partial charge in [-0.05, 0) is 32.1 Å². The van der Waals surface area contributed by atoms with Crippen molar-refractivity contribution >= 4 is 5.78 Å². The van der Waals surface area contributed by atoms with Crippen LogP contribution in [0.4, 0.5) is 0 Å². The van der Waals surface area contributed by atoms with Gasteiger partial charge < -0.3 is 5.32 Å². The summed E-state index contributed by atoms with van der Waals surface area (Å²) in [6.45, 7) is 0.841. The van der Waals surface area contributed by atoms with E-state index in [1.165, 1.54) is 4.80 Å². The second-order valence-electron chi connectivity index (χ2n) is 3.97. The lowest BCUT2D eigenvalue weighted by atomic mass is 10.0. The van der Waals surface area contributed by atoms with Crippen LogP contribution < -0.4 is 5.32 Å². The first-order valence-corrected chi connectivity index (χ1v) is 5.96. The summed E-state index contributed by atoms with van der Waals surface area (Å²) in [4.78, 5) is 13.6. The summed E-state index contributed by atoms with van der Waals surface area (Å²) in [5.41, 5.74) is 1.40. The van der Waals surface area contributed by atoms with Crippen LogP contribution in [0.3, 0.4) is 0 Å². The predicted octanol–water partition coefficient (Wildman–Crippen LogP) is 1.45. The fourth-order valence-electron chi connectivity index (χ4n) is 1.78. The highest BCUT2D eigenvalue weighted by Crippen LogP contribution is 2.15. The Morgan fingerprint density at radius 2 is 2.00 bits per heavy atom. The second-order valence-corrected chi connectivity index (χ2v) is 3.97. The monoisotopic (exact) mass is 244 g/mol. The first-order chi connectivity index (χ1) is 8.83. The van der Waals surface area contributed by atoms with Crippen LogP contribution in [0.1, 0.15) is 23.2 Å². The molecule has 1 N–H and O–H groups in total. The maximum atomic E-state index is 12.1. The maximum Gasteiger partial charge on any atom is 0.165 e. The molecule has 0 aliphatic rings. The van der Waals surface area contributed by atoms with E-state index in [4.69, 9.17) is 0 Å². The summed E-state index contributed by atoms with van der Waals surface area (Å²) in [7, 11) is 1.88. The van der Waals surface area contributed by atoms with E-state index in [0.717, 1.165) is 18.7 Å². The second kappa shape index (κ2) is 6.07. The first kappa shape index (κ1) is 12.4. The van der Waals surface area contributed by atoms with Crippen LogP contribution in [0.5, 0.6) is 0 Å². The minimum Gasteiger partial charge on any atom is -0.320 e. The van der Waals surface area contributed by atoms with Crippen molar-refractivity contribution in [2.24, 2.45) is 0 Å². The Bertz CT molecular complexity index is 507. The van der Waals surface area contributed by atoms with Crippen molar-refractivity contribution in [3.8, 4) is 5.69 Å². The minimum absolute atomic E-state index is 0.123. The summed E-state index contributed by atoms with van der Waals surface area (Å²) in [6, 6.07) is 7.41. The van der Waals surface area contributed by atoms with Gasteiger partial charge in [0.25, 0.3) is 0 Å². The van der Waals surface area contributed by atoms with E-state index in [1.54, 1.807) is 12.4 Å². The van der Waals surface area contributed by atoms with Crippen molar-refractivity contribution in [3.63, 3.8) is 0 Å². The largest absolute Gasteiger partial charge is 0.320 e. The number of rotatable bonds is 6. The van der Waals surface area contributed by atoms with Gasteiger partial charge in [0.05, 0.1) is 18.1 Å². The fourth-order valence-corrected chi connectivity index (χ4v) is 1.78. The molecule has 2 rings (SSSR count). The van der Waals surface area contributed by atoms with Crippen LogP contribution >= 0.6 is 0 Å². The lowest BCUT2D eigenvalue weighted by molar-refractivity contribution is 0.0980. The van der Waals surface area contributed by atoms with Crippen molar-refractivity contribution in [1.29, 1.82) is 0 Å². The third kappa shape index (κ3) is 2.81. The summed E-state index contributed by atoms with van der Waals surface area (Å²) in [5.74, 6) is 0.123. The number of nitrogens with one attached hydrogen (secondary N) is 1. The van der Waals surface area contributed by atoms with Gasteiger partial charge in [-0.15, -0.1) is 0 Å². The number of carbonyl (C=O) groups is 1. The first-order valence-electron chi connectivity index (χ1n) is 5.96. The number of benzene rings is 1. The molecule has 18 heavy (non-hydrogen) atoms. The zero-order valence-corrected chi connectivity index (χ0v) is 10.3. The quantitative estimate of drug-likeness (QED) is 0.617. The normalized spacial score (nSPS) is 10.5. The number of nitrogens with zero attached hydrogens (tertiary/aromatic N) is 3. The van der Waals surface area contributed by atoms with Crippen molar-refractivity contribution in [2.75, 3.05) is 13.6 Å². The molecule has 1 aromatic carbocycles. The Hall–Kier alpha value is -2.01. The Balaban J connectivity index is 2.20. The summed E-state index contributed by atoms with van der Waals surface area (Å²) >= 11 is 0. The zero-order chi connectivity index (χ0) is 12.8. The van der Waals surface area contributed by atoms with Gasteiger partial charge in [-0.25, -0.2) is 0 Å². The van der Waals surface area contributed by atoms with Crippen molar-refractivity contribution in [1.82, 2.24) is 20.3 Å². The standard InChI is InChI=1S/C13H16N4O/c1-14-8-4-7-13(18)11-5-2-3-6-12(11)17-15-9-10-16-17/h2-3,5-6,9-10,14H,4,7-8H2,1H3. The highest BCUT2D eigenvalue weighted by atomic mass is 16.1. The number of para-hydroxylation sites is 1. The van der Waals surface area contributed by atoms with E-state index in [2.05, 4.69) is 15.5 Å². The lowest BCUT2D eigenvalue weighted by Gasteiger charge is -2.07. The van der Waals surface area contributed by atoms with Crippen molar-refractivity contribution in [3.05, 3.63) is 42.2 Å². The number of ketones is 1. The molecule has 94 valence electrons. The zero-order valence-electron chi connectivity index (χ0n) is 10.3. The molecule has 0 unspecified atom stereocenters. The Kier molecular flexibility index (Phi) is 4.20. The van der Waals surface area contributed by atoms with E-state index in [-0.39, 0.29) is 5.78 Å². The average molecular weight is 244 g/mol. The number of aromatic nitrogens is 3. The highest BCUT2D eigenvalue weighted by Gasteiger charge is 2.12. The van der Waals surface area contributed by atoms with E-state index in [9.17, 15) is 4.79 Å². The molecule has 0 saturated carbocycles. The molecule has 2 aromatic rings. The molecule has 0 fully saturated rings. The van der Waals surface area contributed by atoms with Crippen LogP contribution in [-0.2, 0) is 0 Å². The summed E-state index contributed by atoms with van der Waals surface area (Å²) in [6.07, 6.45) is 4.56. The number of hydrogen-bond donors (Lipinski definition) is 1. The van der Waals surface area contributed by atoms with Crippen molar-refractivity contribution < 1.29 is 4.79 Å². The van der Waals surface area contributed by atoms with E-state index in [0.29, 0.717) is 12.0 Å². The molecule has 0 amide bonds. The molecule has 0 saturated heterocycles. The summed E-state index contributed by atoms with van der Waals surface area (Å²) in [5, 5.41) is 11.2. The van der Waals surface area contributed by atoms with Gasteiger partial charge in [-0.3, -0.25) is 4.79 Å². The van der Waals surface area contributed by atoms with Gasteiger partial charge in [0.15, 0.2) is 5.78 Å². The minimum atomic E-state index is 0.123. The van der Waals surface area contributed by atoms with Crippen LogP contribution in [-0.4, -0.2) is 34.4 Å². The van der Waals surface area contributed by atoms with Gasteiger partial charge in [-0.2, -0.15) is 15.0 Å². The third-order valence-corrected chi connectivity index (χ3v) is 2.67. The maximum absolute atomic E-state index is 12.1. The van der Waals surface area contributed by atoms with Gasteiger partial charge >= 0.3 is 0 Å². The van der Waals surface area contributed by atoms with Crippen LogP contribution in [0.2, 0.25) is 0 Å². The van der Waals surface area contributed by atoms with E-state index < -0.39 is 0 Å². The smallest absolute Gasteiger partial charge is 0.165 e. The molecule has 0 bridgehead atoms. The van der Waals surface area contributed by atoms with E-state index >= 15 is 0 Å². The van der Waals surface area contributed by atoms with Gasteiger partial charge in [0.1, 0.15) is 0 Å². The highest BCUT2D eigenvalue weighted by molar-refractivity contribution is 5.99. The number of carbonyl (C=O) groups excluding carboxylic acids is 1. The molecule has 0 aliphatic heterocycles. The topological polar surface area (TPSA) is 59.8 Å². The molecule has 0 atom stereocenters. The molecule has 0 spiro atoms. The number of Topliss-reactive ketones (excluding diaryl/α,β-unsaturated/α-hetero) is 1.